The van der Waals surface area contributed by atoms with Crippen LogP contribution in [-0.2, 0) is 25.7 Å². The fourth-order valence-corrected chi connectivity index (χ4v) is 9.39. The highest BCUT2D eigenvalue weighted by Gasteiger charge is 2.65. The summed E-state index contributed by atoms with van der Waals surface area (Å²) in [5.41, 5.74) is 6.06. The Labute approximate surface area is 356 Å². The number of ether oxygens (including phenoxy) is 5. The summed E-state index contributed by atoms with van der Waals surface area (Å²) >= 11 is 0. The van der Waals surface area contributed by atoms with Crippen LogP contribution in [-0.4, -0.2) is 85.4 Å². The van der Waals surface area contributed by atoms with E-state index in [-0.39, 0.29) is 50.8 Å². The van der Waals surface area contributed by atoms with Crippen LogP contribution >= 0.6 is 0 Å². The Morgan fingerprint density at radius 3 is 2.43 bits per heavy atom. The zero-order chi connectivity index (χ0) is 42.5. The predicted molar refractivity (Wildman–Crippen MR) is 232 cm³/mol. The number of nitrogens with zero attached hydrogens (tertiary/aromatic N) is 2. The Bertz CT molecular complexity index is 1930. The van der Waals surface area contributed by atoms with E-state index in [0.29, 0.717) is 50.3 Å². The molecule has 0 spiro atoms. The average Bonchev–Trinajstić information content (AvgIpc) is 3.25. The Hall–Kier alpha value is -4.68. The van der Waals surface area contributed by atoms with Crippen molar-refractivity contribution in [1.29, 1.82) is 0 Å². The van der Waals surface area contributed by atoms with Crippen LogP contribution in [0.15, 0.2) is 96.2 Å². The van der Waals surface area contributed by atoms with E-state index >= 15 is 0 Å². The lowest BCUT2D eigenvalue weighted by atomic mass is 9.55. The smallest absolute Gasteiger partial charge is 0.410 e. The number of aliphatic hydroxyl groups is 2. The van der Waals surface area contributed by atoms with Crippen molar-refractivity contribution in [3.05, 3.63) is 113 Å². The summed E-state index contributed by atoms with van der Waals surface area (Å²) in [6.45, 7) is 11.7. The molecule has 6 atom stereocenters. The minimum absolute atomic E-state index is 0.0742. The second kappa shape index (κ2) is 21.7. The molecule has 324 valence electrons. The van der Waals surface area contributed by atoms with Crippen LogP contribution < -0.4 is 9.47 Å². The first-order valence-corrected chi connectivity index (χ1v) is 21.7. The Kier molecular flexibility index (Phi) is 16.2. The summed E-state index contributed by atoms with van der Waals surface area (Å²) in [4.78, 5) is 21.7. The van der Waals surface area contributed by atoms with Gasteiger partial charge in [-0.1, -0.05) is 73.5 Å². The summed E-state index contributed by atoms with van der Waals surface area (Å²) in [7, 11) is 1.55. The highest BCUT2D eigenvalue weighted by atomic mass is 16.7. The number of allylic oxidation sites excluding steroid dienone is 1. The molecule has 11 nitrogen and oxygen atoms in total. The highest BCUT2D eigenvalue weighted by Crippen LogP contribution is 2.62. The molecule has 3 aromatic rings. The number of oxime groups is 1. The largest absolute Gasteiger partial charge is 0.459 e. The van der Waals surface area contributed by atoms with Crippen molar-refractivity contribution >= 4 is 11.8 Å². The lowest BCUT2D eigenvalue weighted by Gasteiger charge is -2.59. The van der Waals surface area contributed by atoms with Gasteiger partial charge < -0.3 is 38.7 Å². The fraction of sp³-hybridized carbons (Fsp3) is 0.510. The zero-order valence-corrected chi connectivity index (χ0v) is 35.9. The molecule has 0 aromatic heterocycles. The van der Waals surface area contributed by atoms with Crippen LogP contribution in [0.3, 0.4) is 0 Å². The molecule has 3 aromatic carbocycles. The molecule has 60 heavy (non-hydrogen) atoms. The van der Waals surface area contributed by atoms with Gasteiger partial charge in [0.05, 0.1) is 31.5 Å². The molecule has 1 heterocycles. The van der Waals surface area contributed by atoms with Crippen LogP contribution in [0.5, 0.6) is 17.2 Å². The summed E-state index contributed by atoms with van der Waals surface area (Å²) in [5.74, 6) is 0.327. The average molecular weight is 825 g/mol. The molecule has 0 bridgehead atoms. The third-order valence-corrected chi connectivity index (χ3v) is 12.2. The number of aliphatic hydroxyl groups excluding tert-OH is 2. The van der Waals surface area contributed by atoms with E-state index in [4.69, 9.17) is 28.5 Å². The SMILES string of the molecule is C=CCO[C@@]12Oc3ccc(Oc4ccc(C)c(C)c4)cc3[C@H]3[C@H](CCCCO)[C@@H](CCCCO)C=C(C(=NOC)C[C@@H]1N(CCC)C(=O)OCCOCc1ccccc1)[C@H]32. The summed E-state index contributed by atoms with van der Waals surface area (Å²) in [5, 5.41) is 24.4. The maximum atomic E-state index is 14.4. The van der Waals surface area contributed by atoms with Gasteiger partial charge in [-0.25, -0.2) is 4.79 Å². The number of rotatable bonds is 22. The molecule has 0 saturated heterocycles. The highest BCUT2D eigenvalue weighted by molar-refractivity contribution is 6.03. The molecule has 1 saturated carbocycles. The van der Waals surface area contributed by atoms with Gasteiger partial charge in [-0.15, -0.1) is 6.58 Å². The Morgan fingerprint density at radius 1 is 0.967 bits per heavy atom. The molecule has 1 aliphatic heterocycles. The van der Waals surface area contributed by atoms with Crippen molar-refractivity contribution in [3.8, 4) is 17.2 Å². The van der Waals surface area contributed by atoms with Gasteiger partial charge in [0.1, 0.15) is 37.0 Å². The predicted octanol–water partition coefficient (Wildman–Crippen LogP) is 9.42. The molecule has 1 amide bonds. The first kappa shape index (κ1) is 44.9. The van der Waals surface area contributed by atoms with E-state index in [1.165, 1.54) is 5.56 Å². The number of aryl methyl sites for hydroxylation is 2. The van der Waals surface area contributed by atoms with Gasteiger partial charge in [-0.05, 0) is 110 Å². The topological polar surface area (TPSA) is 129 Å². The van der Waals surface area contributed by atoms with E-state index in [0.717, 1.165) is 59.4 Å². The Morgan fingerprint density at radius 2 is 1.72 bits per heavy atom. The maximum absolute atomic E-state index is 14.4. The third-order valence-electron chi connectivity index (χ3n) is 12.2. The van der Waals surface area contributed by atoms with E-state index in [1.807, 2.05) is 61.5 Å². The number of carbonyl (C=O) groups excluding carboxylic acids is 1. The molecular formula is C49H64N2O9. The normalized spacial score (nSPS) is 23.5. The van der Waals surface area contributed by atoms with Gasteiger partial charge in [0, 0.05) is 37.7 Å². The van der Waals surface area contributed by atoms with Crippen molar-refractivity contribution in [2.24, 2.45) is 22.9 Å². The minimum atomic E-state index is -1.37. The second-order valence-electron chi connectivity index (χ2n) is 16.1. The van der Waals surface area contributed by atoms with Crippen LogP contribution in [0.2, 0.25) is 0 Å². The van der Waals surface area contributed by atoms with E-state index < -0.39 is 23.8 Å². The molecule has 11 heteroatoms. The van der Waals surface area contributed by atoms with Crippen molar-refractivity contribution in [2.75, 3.05) is 46.7 Å². The van der Waals surface area contributed by atoms with Gasteiger partial charge in [0.2, 0.25) is 5.79 Å². The molecular weight excluding hydrogens is 761 g/mol. The first-order valence-electron chi connectivity index (χ1n) is 21.7. The fourth-order valence-electron chi connectivity index (χ4n) is 9.39. The lowest BCUT2D eigenvalue weighted by Crippen LogP contribution is -2.70. The van der Waals surface area contributed by atoms with Gasteiger partial charge in [0.15, 0.2) is 0 Å². The first-order chi connectivity index (χ1) is 29.3. The molecule has 2 N–H and O–H groups in total. The van der Waals surface area contributed by atoms with E-state index in [9.17, 15) is 15.0 Å². The number of carbonyl (C=O) groups is 1. The Balaban J connectivity index is 1.45. The summed E-state index contributed by atoms with van der Waals surface area (Å²) in [6, 6.07) is 21.3. The van der Waals surface area contributed by atoms with Crippen molar-refractivity contribution in [1.82, 2.24) is 4.90 Å². The number of benzene rings is 3. The van der Waals surface area contributed by atoms with E-state index in [2.05, 4.69) is 43.8 Å². The second-order valence-corrected chi connectivity index (χ2v) is 16.1. The maximum Gasteiger partial charge on any atom is 0.410 e. The molecule has 2 aliphatic carbocycles. The number of hydrogen-bond donors (Lipinski definition) is 2. The summed E-state index contributed by atoms with van der Waals surface area (Å²) < 4.78 is 32.7. The monoisotopic (exact) mass is 824 g/mol. The van der Waals surface area contributed by atoms with Crippen LogP contribution in [0, 0.1) is 31.6 Å². The standard InChI is InChI=1S/C49H64N2O9/c1-6-23-51(48(54)57-28-27-56-33-36-15-9-8-10-16-36)45-32-43(50-55-5)41-30-37(17-11-13-24-52)40(18-12-14-25-53)46-42-31-39(59-38-20-19-34(3)35(4)29-38)21-22-44(42)60-49(45,47(41)46)58-26-7-2/h7-10,15-16,19-22,29-31,37,40,45-47,52-53H,2,6,11-14,17-18,23-28,32-33H2,1,3-5H3/t37-,40+,45-,46+,47+,49+/m0/s1. The van der Waals surface area contributed by atoms with Crippen LogP contribution in [0.1, 0.15) is 86.5 Å². The zero-order valence-electron chi connectivity index (χ0n) is 35.9. The quantitative estimate of drug-likeness (QED) is 0.0579. The van der Waals surface area contributed by atoms with Crippen LogP contribution in [0.4, 0.5) is 4.79 Å². The minimum Gasteiger partial charge on any atom is -0.459 e. The van der Waals surface area contributed by atoms with Crippen molar-refractivity contribution < 1.29 is 43.5 Å². The molecule has 0 radical (unpaired) electrons. The number of fused-ring (bicyclic) bond motifs is 2. The number of unbranched alkanes of at least 4 members (excludes halogenated alkanes) is 2. The van der Waals surface area contributed by atoms with Gasteiger partial charge in [-0.3, -0.25) is 4.90 Å². The molecule has 1 fully saturated rings. The molecule has 0 unspecified atom stereocenters. The van der Waals surface area contributed by atoms with Gasteiger partial charge >= 0.3 is 6.09 Å². The van der Waals surface area contributed by atoms with Gasteiger partial charge in [0.25, 0.3) is 0 Å². The third kappa shape index (κ3) is 10.3. The van der Waals surface area contributed by atoms with Gasteiger partial charge in [-0.2, -0.15) is 0 Å². The van der Waals surface area contributed by atoms with Crippen LogP contribution in [0.25, 0.3) is 0 Å². The summed E-state index contributed by atoms with van der Waals surface area (Å²) in [6.07, 6.45) is 9.25. The molecule has 6 rings (SSSR count). The number of amides is 1. The molecule has 3 aliphatic rings. The lowest BCUT2D eigenvalue weighted by molar-refractivity contribution is -0.255. The van der Waals surface area contributed by atoms with Crippen molar-refractivity contribution in [3.63, 3.8) is 0 Å². The number of hydrogen-bond acceptors (Lipinski definition) is 10. The van der Waals surface area contributed by atoms with E-state index in [1.54, 1.807) is 18.1 Å². The van der Waals surface area contributed by atoms with Crippen molar-refractivity contribution in [2.45, 2.75) is 96.5 Å².